The molecule has 3 heteroatoms. The van der Waals surface area contributed by atoms with Crippen molar-refractivity contribution in [1.82, 2.24) is 5.32 Å². The average molecular weight is 160 g/mol. The lowest BCUT2D eigenvalue weighted by atomic mass is 10.0. The summed E-state index contributed by atoms with van der Waals surface area (Å²) in [5.74, 6) is 0. The van der Waals surface area contributed by atoms with E-state index in [1.165, 1.54) is 0 Å². The van der Waals surface area contributed by atoms with Crippen molar-refractivity contribution in [1.29, 1.82) is 0 Å². The van der Waals surface area contributed by atoms with E-state index >= 15 is 0 Å². The molecule has 0 saturated heterocycles. The molecule has 3 nitrogen and oxygen atoms in total. The molecule has 0 saturated carbocycles. The molecule has 0 rings (SSSR count). The van der Waals surface area contributed by atoms with Crippen molar-refractivity contribution in [2.45, 2.75) is 32.2 Å². The topological polar surface area (TPSA) is 52.2 Å². The molecular weight excluding hydrogens is 142 g/mol. The van der Waals surface area contributed by atoms with Crippen molar-refractivity contribution in [3.05, 3.63) is 0 Å². The Balaban J connectivity index is 3.38. The smallest absolute Gasteiger partial charge is 0.0834 e. The molecule has 0 heterocycles. The van der Waals surface area contributed by atoms with Gasteiger partial charge in [-0.15, -0.1) is 0 Å². The van der Waals surface area contributed by atoms with Gasteiger partial charge in [-0.3, -0.25) is 0 Å². The fourth-order valence-electron chi connectivity index (χ4n) is 0.867. The summed E-state index contributed by atoms with van der Waals surface area (Å²) in [6, 6.07) is 0. The van der Waals surface area contributed by atoms with Gasteiger partial charge in [0.25, 0.3) is 0 Å². The SMILES string of the molecule is CC(C)(CCO)NCCC[O]. The Kier molecular flexibility index (Phi) is 5.46. The summed E-state index contributed by atoms with van der Waals surface area (Å²) in [6.07, 6.45) is 1.39. The lowest BCUT2D eigenvalue weighted by molar-refractivity contribution is 0.180. The number of hydrogen-bond donors (Lipinski definition) is 2. The van der Waals surface area contributed by atoms with Crippen molar-refractivity contribution < 1.29 is 10.2 Å². The molecule has 0 aliphatic rings. The van der Waals surface area contributed by atoms with Crippen LogP contribution in [0.3, 0.4) is 0 Å². The molecule has 0 atom stereocenters. The predicted octanol–water partition coefficient (Wildman–Crippen LogP) is 0.558. The fourth-order valence-corrected chi connectivity index (χ4v) is 0.867. The first-order valence-corrected chi connectivity index (χ1v) is 4.06. The van der Waals surface area contributed by atoms with Crippen molar-refractivity contribution in [2.75, 3.05) is 19.8 Å². The Labute approximate surface area is 68.4 Å². The zero-order valence-corrected chi connectivity index (χ0v) is 7.39. The maximum atomic E-state index is 10.1. The Morgan fingerprint density at radius 3 is 2.55 bits per heavy atom. The lowest BCUT2D eigenvalue weighted by Crippen LogP contribution is -2.40. The van der Waals surface area contributed by atoms with Gasteiger partial charge in [0, 0.05) is 12.1 Å². The minimum Gasteiger partial charge on any atom is -0.396 e. The quantitative estimate of drug-likeness (QED) is 0.558. The summed E-state index contributed by atoms with van der Waals surface area (Å²) in [6.45, 7) is 4.96. The van der Waals surface area contributed by atoms with E-state index in [-0.39, 0.29) is 18.8 Å². The summed E-state index contributed by atoms with van der Waals surface area (Å²) in [5, 5.41) is 21.9. The molecule has 0 aliphatic heterocycles. The molecule has 0 bridgehead atoms. The Morgan fingerprint density at radius 1 is 1.45 bits per heavy atom. The number of aliphatic hydroxyl groups is 1. The maximum Gasteiger partial charge on any atom is 0.0834 e. The van der Waals surface area contributed by atoms with Gasteiger partial charge in [-0.1, -0.05) is 0 Å². The molecule has 0 aromatic heterocycles. The average Bonchev–Trinajstić information content (AvgIpc) is 1.87. The second-order valence-corrected chi connectivity index (χ2v) is 3.34. The van der Waals surface area contributed by atoms with Crippen LogP contribution in [0.2, 0.25) is 0 Å². The largest absolute Gasteiger partial charge is 0.396 e. The van der Waals surface area contributed by atoms with Gasteiger partial charge in [0.2, 0.25) is 0 Å². The van der Waals surface area contributed by atoms with Crippen LogP contribution >= 0.6 is 0 Å². The first-order valence-electron chi connectivity index (χ1n) is 4.06. The van der Waals surface area contributed by atoms with Gasteiger partial charge in [0.15, 0.2) is 0 Å². The van der Waals surface area contributed by atoms with Gasteiger partial charge >= 0.3 is 0 Å². The van der Waals surface area contributed by atoms with Crippen LogP contribution in [-0.4, -0.2) is 30.4 Å². The molecule has 2 N–H and O–H groups in total. The lowest BCUT2D eigenvalue weighted by Gasteiger charge is -2.25. The van der Waals surface area contributed by atoms with Gasteiger partial charge in [0.1, 0.15) is 0 Å². The molecule has 0 fully saturated rings. The van der Waals surface area contributed by atoms with Crippen LogP contribution in [0, 0.1) is 0 Å². The van der Waals surface area contributed by atoms with Gasteiger partial charge in [-0.25, -0.2) is 5.11 Å². The number of rotatable bonds is 6. The monoisotopic (exact) mass is 160 g/mol. The molecule has 0 unspecified atom stereocenters. The highest BCUT2D eigenvalue weighted by Gasteiger charge is 2.14. The molecule has 0 aromatic carbocycles. The Hall–Kier alpha value is -0.120. The van der Waals surface area contributed by atoms with E-state index in [4.69, 9.17) is 5.11 Å². The summed E-state index contributed by atoms with van der Waals surface area (Å²) in [7, 11) is 0. The third kappa shape index (κ3) is 6.28. The normalized spacial score (nSPS) is 12.0. The van der Waals surface area contributed by atoms with E-state index in [9.17, 15) is 5.11 Å². The third-order valence-corrected chi connectivity index (χ3v) is 1.66. The van der Waals surface area contributed by atoms with Crippen LogP contribution in [-0.2, 0) is 5.11 Å². The predicted molar refractivity (Wildman–Crippen MR) is 44.0 cm³/mol. The summed E-state index contributed by atoms with van der Waals surface area (Å²) < 4.78 is 0. The molecular formula is C8H18NO2. The summed E-state index contributed by atoms with van der Waals surface area (Å²) in [4.78, 5) is 0. The zero-order valence-electron chi connectivity index (χ0n) is 7.39. The van der Waals surface area contributed by atoms with Crippen molar-refractivity contribution in [2.24, 2.45) is 0 Å². The molecule has 67 valence electrons. The molecule has 0 spiro atoms. The summed E-state index contributed by atoms with van der Waals surface area (Å²) in [5.41, 5.74) is -0.0378. The highest BCUT2D eigenvalue weighted by atomic mass is 16.3. The van der Waals surface area contributed by atoms with E-state index in [2.05, 4.69) is 5.32 Å². The highest BCUT2D eigenvalue weighted by Crippen LogP contribution is 2.06. The van der Waals surface area contributed by atoms with Crippen LogP contribution in [0.15, 0.2) is 0 Å². The van der Waals surface area contributed by atoms with E-state index in [1.807, 2.05) is 13.8 Å². The van der Waals surface area contributed by atoms with Gasteiger partial charge in [-0.05, 0) is 33.2 Å². The van der Waals surface area contributed by atoms with Crippen molar-refractivity contribution >= 4 is 0 Å². The number of hydrogen-bond acceptors (Lipinski definition) is 2. The maximum absolute atomic E-state index is 10.1. The molecule has 0 amide bonds. The number of aliphatic hydroxyl groups excluding tert-OH is 1. The van der Waals surface area contributed by atoms with Crippen LogP contribution in [0.1, 0.15) is 26.7 Å². The first kappa shape index (κ1) is 10.9. The van der Waals surface area contributed by atoms with E-state index in [0.29, 0.717) is 6.42 Å². The van der Waals surface area contributed by atoms with Crippen LogP contribution in [0.25, 0.3) is 0 Å². The minimum atomic E-state index is -0.0378. The Bertz CT molecular complexity index is 94.1. The van der Waals surface area contributed by atoms with E-state index < -0.39 is 0 Å². The van der Waals surface area contributed by atoms with Crippen molar-refractivity contribution in [3.63, 3.8) is 0 Å². The first-order chi connectivity index (χ1) is 5.12. The van der Waals surface area contributed by atoms with Gasteiger partial charge < -0.3 is 10.4 Å². The molecule has 11 heavy (non-hydrogen) atoms. The molecule has 0 aromatic rings. The van der Waals surface area contributed by atoms with Gasteiger partial charge in [0.05, 0.1) is 6.61 Å². The summed E-state index contributed by atoms with van der Waals surface area (Å²) >= 11 is 0. The van der Waals surface area contributed by atoms with Crippen LogP contribution in [0.5, 0.6) is 0 Å². The van der Waals surface area contributed by atoms with E-state index in [0.717, 1.165) is 13.0 Å². The zero-order chi connectivity index (χ0) is 8.74. The van der Waals surface area contributed by atoms with Crippen molar-refractivity contribution in [3.8, 4) is 0 Å². The Morgan fingerprint density at radius 2 is 2.09 bits per heavy atom. The second kappa shape index (κ2) is 5.52. The van der Waals surface area contributed by atoms with E-state index in [1.54, 1.807) is 0 Å². The highest BCUT2D eigenvalue weighted by molar-refractivity contribution is 4.76. The standard InChI is InChI=1S/C8H18NO2/c1-8(2,4-7-11)9-5-3-6-10/h9,11H,3-7H2,1-2H3. The van der Waals surface area contributed by atoms with Crippen LogP contribution in [0.4, 0.5) is 0 Å². The fraction of sp³-hybridized carbons (Fsp3) is 1.00. The molecule has 1 radical (unpaired) electrons. The number of nitrogens with one attached hydrogen (secondary N) is 1. The van der Waals surface area contributed by atoms with Gasteiger partial charge in [-0.2, -0.15) is 0 Å². The minimum absolute atomic E-state index is 0.0256. The molecule has 0 aliphatic carbocycles. The second-order valence-electron chi connectivity index (χ2n) is 3.34. The third-order valence-electron chi connectivity index (χ3n) is 1.66. The van der Waals surface area contributed by atoms with Crippen LogP contribution < -0.4 is 5.32 Å².